The van der Waals surface area contributed by atoms with Crippen LogP contribution in [0.3, 0.4) is 0 Å². The average Bonchev–Trinajstić information content (AvgIpc) is 2.81. The summed E-state index contributed by atoms with van der Waals surface area (Å²) in [7, 11) is 0. The van der Waals surface area contributed by atoms with E-state index in [-0.39, 0.29) is 17.9 Å². The minimum atomic E-state index is -0.710. The number of benzene rings is 1. The van der Waals surface area contributed by atoms with Crippen molar-refractivity contribution in [1.29, 1.82) is 0 Å². The molecule has 2 bridgehead atoms. The lowest BCUT2D eigenvalue weighted by Gasteiger charge is -2.44. The quantitative estimate of drug-likeness (QED) is 0.654. The van der Waals surface area contributed by atoms with Crippen molar-refractivity contribution in [2.75, 3.05) is 32.7 Å². The van der Waals surface area contributed by atoms with Crippen molar-refractivity contribution in [1.82, 2.24) is 14.4 Å². The Labute approximate surface area is 200 Å². The minimum absolute atomic E-state index is 0.115. The van der Waals surface area contributed by atoms with Crippen molar-refractivity contribution in [3.8, 4) is 5.75 Å². The first-order chi connectivity index (χ1) is 16.5. The van der Waals surface area contributed by atoms with Crippen molar-refractivity contribution in [3.63, 3.8) is 0 Å². The van der Waals surface area contributed by atoms with E-state index in [4.69, 9.17) is 0 Å². The van der Waals surface area contributed by atoms with Gasteiger partial charge in [-0.1, -0.05) is 24.3 Å². The van der Waals surface area contributed by atoms with Gasteiger partial charge >= 0.3 is 5.97 Å². The summed E-state index contributed by atoms with van der Waals surface area (Å²) in [6, 6.07) is 13.1. The number of carboxylic acids is 1. The van der Waals surface area contributed by atoms with Crippen LogP contribution in [0.5, 0.6) is 5.75 Å². The second-order valence-corrected chi connectivity index (χ2v) is 10.5. The third-order valence-electron chi connectivity index (χ3n) is 8.17. The number of phenolic OH excluding ortho intramolecular Hbond substituents is 1. The van der Waals surface area contributed by atoms with Crippen LogP contribution >= 0.6 is 0 Å². The molecule has 182 valence electrons. The highest BCUT2D eigenvalue weighted by molar-refractivity contribution is 5.67. The Kier molecular flexibility index (Phi) is 6.75. The van der Waals surface area contributed by atoms with Crippen molar-refractivity contribution in [2.24, 2.45) is 17.8 Å². The number of carboxylic acid groups (broad SMARTS) is 1. The van der Waals surface area contributed by atoms with E-state index in [1.165, 1.54) is 5.69 Å². The molecule has 3 aliphatic heterocycles. The highest BCUT2D eigenvalue weighted by atomic mass is 16.4. The summed E-state index contributed by atoms with van der Waals surface area (Å²) in [5.74, 6) is 1.05. The van der Waals surface area contributed by atoms with Crippen LogP contribution in [0.2, 0.25) is 0 Å². The van der Waals surface area contributed by atoms with Crippen LogP contribution in [0.1, 0.15) is 42.9 Å². The van der Waals surface area contributed by atoms with Gasteiger partial charge in [-0.15, -0.1) is 0 Å². The first-order valence-corrected chi connectivity index (χ1v) is 12.6. The third-order valence-corrected chi connectivity index (χ3v) is 8.17. The summed E-state index contributed by atoms with van der Waals surface area (Å²) in [5.41, 5.74) is 2.21. The third kappa shape index (κ3) is 5.05. The Bertz CT molecular complexity index is 1080. The van der Waals surface area contributed by atoms with Crippen LogP contribution in [0, 0.1) is 17.8 Å². The number of fused-ring (bicyclic) bond motifs is 4. The molecule has 34 heavy (non-hydrogen) atoms. The maximum Gasteiger partial charge on any atom is 0.303 e. The van der Waals surface area contributed by atoms with Gasteiger partial charge in [-0.2, -0.15) is 0 Å². The minimum Gasteiger partial charge on any atom is -0.508 e. The Hall–Kier alpha value is -2.64. The zero-order chi connectivity index (χ0) is 23.7. The molecule has 0 spiro atoms. The molecule has 2 aromatic rings. The second-order valence-electron chi connectivity index (χ2n) is 10.5. The highest BCUT2D eigenvalue weighted by Gasteiger charge is 2.36. The van der Waals surface area contributed by atoms with E-state index in [9.17, 15) is 19.8 Å². The summed E-state index contributed by atoms with van der Waals surface area (Å²) in [6.07, 6.45) is 3.25. The number of piperidine rings is 2. The number of hydrogen-bond acceptors (Lipinski definition) is 5. The highest BCUT2D eigenvalue weighted by Crippen LogP contribution is 2.36. The fourth-order valence-electron chi connectivity index (χ4n) is 6.53. The largest absolute Gasteiger partial charge is 0.508 e. The van der Waals surface area contributed by atoms with Crippen LogP contribution in [-0.4, -0.2) is 63.3 Å². The number of aromatic nitrogens is 1. The van der Waals surface area contributed by atoms with E-state index < -0.39 is 5.97 Å². The predicted molar refractivity (Wildman–Crippen MR) is 130 cm³/mol. The molecule has 4 atom stereocenters. The fraction of sp³-hybridized carbons (Fsp3) is 0.556. The first kappa shape index (κ1) is 23.1. The second kappa shape index (κ2) is 9.92. The zero-order valence-corrected chi connectivity index (χ0v) is 19.7. The smallest absolute Gasteiger partial charge is 0.303 e. The van der Waals surface area contributed by atoms with Gasteiger partial charge < -0.3 is 19.7 Å². The van der Waals surface area contributed by atoms with Crippen molar-refractivity contribution >= 4 is 5.97 Å². The molecule has 2 N–H and O–H groups in total. The lowest BCUT2D eigenvalue weighted by atomic mass is 9.80. The number of aromatic hydroxyl groups is 1. The topological polar surface area (TPSA) is 86.0 Å². The van der Waals surface area contributed by atoms with Crippen molar-refractivity contribution < 1.29 is 15.0 Å². The summed E-state index contributed by atoms with van der Waals surface area (Å²) >= 11 is 0. The summed E-state index contributed by atoms with van der Waals surface area (Å²) in [5, 5.41) is 19.7. The molecule has 0 unspecified atom stereocenters. The monoisotopic (exact) mass is 465 g/mol. The molecule has 5 rings (SSSR count). The van der Waals surface area contributed by atoms with E-state index in [1.807, 2.05) is 28.8 Å². The van der Waals surface area contributed by atoms with E-state index in [1.54, 1.807) is 12.1 Å². The molecule has 1 aromatic carbocycles. The van der Waals surface area contributed by atoms with E-state index >= 15 is 0 Å². The molecule has 0 aliphatic carbocycles. The summed E-state index contributed by atoms with van der Waals surface area (Å²) in [4.78, 5) is 28.7. The van der Waals surface area contributed by atoms with Gasteiger partial charge in [0.05, 0.1) is 0 Å². The standard InChI is InChI=1S/C27H35N3O4/c31-25-6-2-1-4-22(25)17-29-10-8-20(13-27(33)34)21(16-29)9-11-28-14-19-12-23(18-28)24-5-3-7-26(32)30(24)15-19/h1-7,19-21,23,31H,8-18H2,(H,33,34)/t19-,20-,21-,23+/m0/s1. The van der Waals surface area contributed by atoms with Gasteiger partial charge in [0.2, 0.25) is 0 Å². The molecule has 1 aromatic heterocycles. The number of aliphatic carboxylic acids is 1. The Morgan fingerprint density at radius 1 is 0.971 bits per heavy atom. The average molecular weight is 466 g/mol. The van der Waals surface area contributed by atoms with E-state index in [0.29, 0.717) is 30.0 Å². The Balaban J connectivity index is 1.23. The van der Waals surface area contributed by atoms with Crippen LogP contribution in [-0.2, 0) is 17.9 Å². The van der Waals surface area contributed by atoms with Crippen LogP contribution in [0.25, 0.3) is 0 Å². The normalized spacial score (nSPS) is 27.3. The molecule has 4 heterocycles. The molecule has 3 aliphatic rings. The maximum atomic E-state index is 12.3. The molecule has 7 heteroatoms. The molecule has 7 nitrogen and oxygen atoms in total. The molecule has 0 radical (unpaired) electrons. The number of phenols is 1. The number of likely N-dealkylation sites (tertiary alicyclic amines) is 2. The van der Waals surface area contributed by atoms with Gasteiger partial charge in [-0.25, -0.2) is 0 Å². The number of rotatable bonds is 7. The molecule has 0 amide bonds. The van der Waals surface area contributed by atoms with Crippen molar-refractivity contribution in [3.05, 3.63) is 64.1 Å². The molecule has 2 saturated heterocycles. The Morgan fingerprint density at radius 2 is 1.82 bits per heavy atom. The molecular weight excluding hydrogens is 430 g/mol. The molecule has 2 fully saturated rings. The van der Waals surface area contributed by atoms with Gasteiger partial charge in [0.1, 0.15) is 5.75 Å². The molecular formula is C27H35N3O4. The van der Waals surface area contributed by atoms with Gasteiger partial charge in [0.25, 0.3) is 5.56 Å². The SMILES string of the molecule is O=C(O)C[C@@H]1CCN(Cc2ccccc2O)C[C@@H]1CCN1C[C@@H]2C[C@H](C1)c1cccc(=O)n1C2. The zero-order valence-electron chi connectivity index (χ0n) is 19.7. The van der Waals surface area contributed by atoms with E-state index in [2.05, 4.69) is 15.9 Å². The van der Waals surface area contributed by atoms with E-state index in [0.717, 1.165) is 64.1 Å². The first-order valence-electron chi connectivity index (χ1n) is 12.6. The van der Waals surface area contributed by atoms with Gasteiger partial charge in [-0.3, -0.25) is 14.5 Å². The van der Waals surface area contributed by atoms with Gasteiger partial charge in [0, 0.05) is 62.4 Å². The number of nitrogens with zero attached hydrogens (tertiary/aromatic N) is 3. The summed E-state index contributed by atoms with van der Waals surface area (Å²) < 4.78 is 1.97. The predicted octanol–water partition coefficient (Wildman–Crippen LogP) is 2.98. The number of pyridine rings is 1. The Morgan fingerprint density at radius 3 is 2.65 bits per heavy atom. The lowest BCUT2D eigenvalue weighted by Crippen LogP contribution is -2.48. The van der Waals surface area contributed by atoms with Crippen LogP contribution in [0.4, 0.5) is 0 Å². The van der Waals surface area contributed by atoms with Gasteiger partial charge in [0.15, 0.2) is 0 Å². The molecule has 0 saturated carbocycles. The van der Waals surface area contributed by atoms with Gasteiger partial charge in [-0.05, 0) is 62.2 Å². The van der Waals surface area contributed by atoms with Crippen LogP contribution in [0.15, 0.2) is 47.3 Å². The lowest BCUT2D eigenvalue weighted by molar-refractivity contribution is -0.139. The maximum absolute atomic E-state index is 12.3. The van der Waals surface area contributed by atoms with Crippen molar-refractivity contribution in [2.45, 2.75) is 44.7 Å². The fourth-order valence-corrected chi connectivity index (χ4v) is 6.53. The summed E-state index contributed by atoms with van der Waals surface area (Å²) in [6.45, 7) is 6.18. The number of para-hydroxylation sites is 1. The van der Waals surface area contributed by atoms with Crippen LogP contribution < -0.4 is 5.56 Å². The number of hydrogen-bond donors (Lipinski definition) is 2. The number of carbonyl (C=O) groups is 1.